The summed E-state index contributed by atoms with van der Waals surface area (Å²) in [4.78, 5) is 27.4. The predicted molar refractivity (Wildman–Crippen MR) is 99.3 cm³/mol. The van der Waals surface area contributed by atoms with Crippen LogP contribution in [-0.4, -0.2) is 17.1 Å². The van der Waals surface area contributed by atoms with Crippen LogP contribution in [0.25, 0.3) is 11.1 Å². The van der Waals surface area contributed by atoms with Gasteiger partial charge in [0.15, 0.2) is 12.1 Å². The molecule has 25 heavy (non-hydrogen) atoms. The summed E-state index contributed by atoms with van der Waals surface area (Å²) in [7, 11) is 0. The normalized spacial score (nSPS) is 10.5. The Morgan fingerprint density at radius 1 is 1.12 bits per heavy atom. The van der Waals surface area contributed by atoms with Gasteiger partial charge in [-0.3, -0.25) is 14.6 Å². The Morgan fingerprint density at radius 3 is 2.56 bits per heavy atom. The minimum atomic E-state index is -0.171. The number of nitrogens with zero attached hydrogens (tertiary/aromatic N) is 1. The molecular formula is C21H16ClNO2. The van der Waals surface area contributed by atoms with E-state index in [4.69, 9.17) is 11.6 Å². The van der Waals surface area contributed by atoms with Crippen LogP contribution in [0, 0.1) is 6.92 Å². The highest BCUT2D eigenvalue weighted by atomic mass is 35.5. The van der Waals surface area contributed by atoms with Crippen LogP contribution in [0.2, 0.25) is 5.02 Å². The van der Waals surface area contributed by atoms with Gasteiger partial charge in [0.2, 0.25) is 0 Å². The van der Waals surface area contributed by atoms with E-state index < -0.39 is 0 Å². The maximum atomic E-state index is 12.6. The summed E-state index contributed by atoms with van der Waals surface area (Å²) in [5.41, 5.74) is 4.74. The Kier molecular flexibility index (Phi) is 5.05. The molecule has 124 valence electrons. The van der Waals surface area contributed by atoms with Gasteiger partial charge in [0, 0.05) is 18.2 Å². The number of aldehydes is 1. The van der Waals surface area contributed by atoms with E-state index in [9.17, 15) is 9.59 Å². The SMILES string of the molecule is Cc1c(CC(=O)c2ncc(C=O)cc2Cl)cccc1-c1ccccc1. The monoisotopic (exact) mass is 349 g/mol. The summed E-state index contributed by atoms with van der Waals surface area (Å²) in [6.45, 7) is 2.01. The minimum absolute atomic E-state index is 0.171. The summed E-state index contributed by atoms with van der Waals surface area (Å²) < 4.78 is 0. The molecule has 0 aliphatic heterocycles. The van der Waals surface area contributed by atoms with E-state index >= 15 is 0 Å². The number of benzene rings is 2. The number of carbonyl (C=O) groups excluding carboxylic acids is 2. The van der Waals surface area contributed by atoms with E-state index in [-0.39, 0.29) is 22.9 Å². The van der Waals surface area contributed by atoms with Crippen molar-refractivity contribution in [1.29, 1.82) is 0 Å². The summed E-state index contributed by atoms with van der Waals surface area (Å²) in [5.74, 6) is -0.171. The molecule has 0 fully saturated rings. The zero-order valence-corrected chi connectivity index (χ0v) is 14.5. The average Bonchev–Trinajstić information content (AvgIpc) is 2.64. The molecule has 3 aromatic rings. The maximum absolute atomic E-state index is 12.6. The highest BCUT2D eigenvalue weighted by molar-refractivity contribution is 6.33. The molecule has 0 aliphatic carbocycles. The molecule has 1 heterocycles. The number of hydrogen-bond donors (Lipinski definition) is 0. The van der Waals surface area contributed by atoms with Crippen LogP contribution >= 0.6 is 11.6 Å². The Labute approximate surface area is 151 Å². The van der Waals surface area contributed by atoms with Crippen molar-refractivity contribution in [3.8, 4) is 11.1 Å². The molecule has 3 rings (SSSR count). The van der Waals surface area contributed by atoms with Crippen LogP contribution in [0.15, 0.2) is 60.8 Å². The van der Waals surface area contributed by atoms with Gasteiger partial charge in [0.05, 0.1) is 5.02 Å². The highest BCUT2D eigenvalue weighted by Gasteiger charge is 2.16. The number of carbonyl (C=O) groups is 2. The average molecular weight is 350 g/mol. The van der Waals surface area contributed by atoms with E-state index in [1.54, 1.807) is 0 Å². The second-order valence-corrected chi connectivity index (χ2v) is 6.18. The smallest absolute Gasteiger partial charge is 0.187 e. The fourth-order valence-electron chi connectivity index (χ4n) is 2.78. The summed E-state index contributed by atoms with van der Waals surface area (Å²) >= 11 is 6.09. The highest BCUT2D eigenvalue weighted by Crippen LogP contribution is 2.26. The molecule has 1 aromatic heterocycles. The lowest BCUT2D eigenvalue weighted by molar-refractivity contribution is 0.0987. The first-order valence-electron chi connectivity index (χ1n) is 7.88. The van der Waals surface area contributed by atoms with Gasteiger partial charge >= 0.3 is 0 Å². The van der Waals surface area contributed by atoms with Crippen molar-refractivity contribution in [1.82, 2.24) is 4.98 Å². The molecule has 0 N–H and O–H groups in total. The zero-order valence-electron chi connectivity index (χ0n) is 13.7. The molecule has 3 nitrogen and oxygen atoms in total. The Balaban J connectivity index is 1.91. The number of aromatic nitrogens is 1. The molecule has 0 unspecified atom stereocenters. The molecule has 0 atom stereocenters. The van der Waals surface area contributed by atoms with E-state index in [1.165, 1.54) is 12.3 Å². The molecule has 0 bridgehead atoms. The van der Waals surface area contributed by atoms with Crippen LogP contribution in [-0.2, 0) is 6.42 Å². The van der Waals surface area contributed by atoms with Gasteiger partial charge in [-0.1, -0.05) is 60.1 Å². The standard InChI is InChI=1S/C21H16ClNO2/c1-14-17(8-5-9-18(14)16-6-3-2-4-7-16)11-20(25)21-19(22)10-15(13-24)12-23-21/h2-10,12-13H,11H2,1H3. The van der Waals surface area contributed by atoms with Crippen molar-refractivity contribution in [2.45, 2.75) is 13.3 Å². The van der Waals surface area contributed by atoms with Crippen LogP contribution in [0.1, 0.15) is 32.0 Å². The van der Waals surface area contributed by atoms with E-state index in [2.05, 4.69) is 4.98 Å². The number of rotatable bonds is 5. The Bertz CT molecular complexity index is 936. The molecule has 4 heteroatoms. The van der Waals surface area contributed by atoms with Crippen molar-refractivity contribution < 1.29 is 9.59 Å². The lowest BCUT2D eigenvalue weighted by atomic mass is 9.93. The topological polar surface area (TPSA) is 47.0 Å². The second kappa shape index (κ2) is 7.41. The number of ketones is 1. The minimum Gasteiger partial charge on any atom is -0.298 e. The van der Waals surface area contributed by atoms with Crippen molar-refractivity contribution in [3.63, 3.8) is 0 Å². The third kappa shape index (κ3) is 3.67. The number of halogens is 1. The molecule has 0 spiro atoms. The van der Waals surface area contributed by atoms with Gasteiger partial charge < -0.3 is 0 Å². The van der Waals surface area contributed by atoms with Crippen LogP contribution in [0.3, 0.4) is 0 Å². The lowest BCUT2D eigenvalue weighted by Gasteiger charge is -2.11. The van der Waals surface area contributed by atoms with Crippen molar-refractivity contribution in [3.05, 3.63) is 88.2 Å². The first-order chi connectivity index (χ1) is 12.1. The Morgan fingerprint density at radius 2 is 1.88 bits per heavy atom. The third-order valence-electron chi connectivity index (χ3n) is 4.14. The fourth-order valence-corrected chi connectivity index (χ4v) is 3.06. The summed E-state index contributed by atoms with van der Waals surface area (Å²) in [6.07, 6.45) is 2.22. The van der Waals surface area contributed by atoms with Crippen LogP contribution in [0.4, 0.5) is 0 Å². The molecule has 0 saturated carbocycles. The molecule has 0 aliphatic rings. The zero-order chi connectivity index (χ0) is 17.8. The quantitative estimate of drug-likeness (QED) is 0.483. The summed E-state index contributed by atoms with van der Waals surface area (Å²) in [6, 6.07) is 17.4. The number of pyridine rings is 1. The lowest BCUT2D eigenvalue weighted by Crippen LogP contribution is -2.08. The largest absolute Gasteiger partial charge is 0.298 e. The van der Waals surface area contributed by atoms with Gasteiger partial charge in [0.25, 0.3) is 0 Å². The number of Topliss-reactive ketones (excluding diaryl/α,β-unsaturated/α-hetero) is 1. The molecule has 0 radical (unpaired) electrons. The molecular weight excluding hydrogens is 334 g/mol. The maximum Gasteiger partial charge on any atom is 0.187 e. The number of hydrogen-bond acceptors (Lipinski definition) is 3. The second-order valence-electron chi connectivity index (χ2n) is 5.77. The predicted octanol–water partition coefficient (Wildman–Crippen LogP) is 4.95. The molecule has 0 saturated heterocycles. The van der Waals surface area contributed by atoms with E-state index in [1.807, 2.05) is 55.5 Å². The molecule has 2 aromatic carbocycles. The van der Waals surface area contributed by atoms with E-state index in [0.717, 1.165) is 22.3 Å². The van der Waals surface area contributed by atoms with Gasteiger partial charge in [-0.25, -0.2) is 0 Å². The van der Waals surface area contributed by atoms with Crippen LogP contribution < -0.4 is 0 Å². The van der Waals surface area contributed by atoms with E-state index in [0.29, 0.717) is 11.8 Å². The third-order valence-corrected chi connectivity index (χ3v) is 4.43. The summed E-state index contributed by atoms with van der Waals surface area (Å²) in [5, 5.41) is 0.200. The first kappa shape index (κ1) is 17.1. The van der Waals surface area contributed by atoms with Gasteiger partial charge in [0.1, 0.15) is 5.69 Å². The van der Waals surface area contributed by atoms with Crippen molar-refractivity contribution in [2.24, 2.45) is 0 Å². The van der Waals surface area contributed by atoms with Crippen molar-refractivity contribution >= 4 is 23.7 Å². The van der Waals surface area contributed by atoms with Gasteiger partial charge in [-0.2, -0.15) is 0 Å². The van der Waals surface area contributed by atoms with Gasteiger partial charge in [-0.15, -0.1) is 0 Å². The fraction of sp³-hybridized carbons (Fsp3) is 0.0952. The van der Waals surface area contributed by atoms with Gasteiger partial charge in [-0.05, 0) is 35.2 Å². The first-order valence-corrected chi connectivity index (χ1v) is 8.26. The Hall–Kier alpha value is -2.78. The van der Waals surface area contributed by atoms with Crippen LogP contribution in [0.5, 0.6) is 0 Å². The molecule has 0 amide bonds. The van der Waals surface area contributed by atoms with Crippen molar-refractivity contribution in [2.75, 3.05) is 0 Å².